The van der Waals surface area contributed by atoms with E-state index in [0.29, 0.717) is 17.8 Å². The van der Waals surface area contributed by atoms with Crippen molar-refractivity contribution in [3.63, 3.8) is 0 Å². The summed E-state index contributed by atoms with van der Waals surface area (Å²) in [6.07, 6.45) is 4.35. The van der Waals surface area contributed by atoms with Gasteiger partial charge in [0.25, 0.3) is 5.91 Å². The lowest BCUT2D eigenvalue weighted by molar-refractivity contribution is -0.112. The second-order valence-corrected chi connectivity index (χ2v) is 7.68. The average Bonchev–Trinajstić information content (AvgIpc) is 2.77. The summed E-state index contributed by atoms with van der Waals surface area (Å²) in [5.74, 6) is -0.239. The Morgan fingerprint density at radius 1 is 1.08 bits per heavy atom. The van der Waals surface area contributed by atoms with Gasteiger partial charge in [0.2, 0.25) is 5.91 Å². The van der Waals surface area contributed by atoms with Crippen molar-refractivity contribution < 1.29 is 9.59 Å². The number of carbonyl (C=O) groups excluding carboxylic acids is 2. The zero-order valence-electron chi connectivity index (χ0n) is 15.7. The summed E-state index contributed by atoms with van der Waals surface area (Å²) in [6.45, 7) is 9.42. The molecule has 1 aromatic carbocycles. The summed E-state index contributed by atoms with van der Waals surface area (Å²) < 4.78 is 0. The Bertz CT molecular complexity index is 647. The zero-order chi connectivity index (χ0) is 18.4. The first-order valence-corrected chi connectivity index (χ1v) is 8.83. The fourth-order valence-corrected chi connectivity index (χ4v) is 2.70. The molecule has 5 nitrogen and oxygen atoms in total. The highest BCUT2D eigenvalue weighted by molar-refractivity contribution is 6.06. The largest absolute Gasteiger partial charge is 0.337 e. The molecule has 136 valence electrons. The number of anilines is 1. The molecular weight excluding hydrogens is 314 g/mol. The maximum atomic E-state index is 12.9. The highest BCUT2D eigenvalue weighted by Crippen LogP contribution is 2.19. The zero-order valence-corrected chi connectivity index (χ0v) is 15.7. The SMILES string of the molecule is CN1CCCN(C(=O)c2ccccc2NC(=O)C=CC(C)(C)C)CC1. The molecule has 2 amide bonds. The summed E-state index contributed by atoms with van der Waals surface area (Å²) in [6, 6.07) is 7.22. The summed E-state index contributed by atoms with van der Waals surface area (Å²) in [7, 11) is 2.07. The number of amides is 2. The van der Waals surface area contributed by atoms with Crippen LogP contribution in [0.4, 0.5) is 5.69 Å². The van der Waals surface area contributed by atoms with E-state index >= 15 is 0 Å². The number of carbonyl (C=O) groups is 2. The highest BCUT2D eigenvalue weighted by atomic mass is 16.2. The van der Waals surface area contributed by atoms with Gasteiger partial charge in [0.15, 0.2) is 0 Å². The van der Waals surface area contributed by atoms with Crippen LogP contribution < -0.4 is 5.32 Å². The maximum Gasteiger partial charge on any atom is 0.256 e. The second-order valence-electron chi connectivity index (χ2n) is 7.68. The number of benzene rings is 1. The van der Waals surface area contributed by atoms with Gasteiger partial charge >= 0.3 is 0 Å². The van der Waals surface area contributed by atoms with Gasteiger partial charge in [0.05, 0.1) is 11.3 Å². The Morgan fingerprint density at radius 2 is 1.80 bits per heavy atom. The van der Waals surface area contributed by atoms with Gasteiger partial charge in [0, 0.05) is 19.6 Å². The van der Waals surface area contributed by atoms with Gasteiger partial charge in [-0.1, -0.05) is 39.0 Å². The monoisotopic (exact) mass is 343 g/mol. The number of hydrogen-bond donors (Lipinski definition) is 1. The Morgan fingerprint density at radius 3 is 2.52 bits per heavy atom. The van der Waals surface area contributed by atoms with E-state index in [4.69, 9.17) is 0 Å². The van der Waals surface area contributed by atoms with Crippen molar-refractivity contribution >= 4 is 17.5 Å². The lowest BCUT2D eigenvalue weighted by Crippen LogP contribution is -2.35. The summed E-state index contributed by atoms with van der Waals surface area (Å²) in [5, 5.41) is 2.84. The minimum atomic E-state index is -0.217. The van der Waals surface area contributed by atoms with E-state index < -0.39 is 0 Å². The molecule has 0 aromatic heterocycles. The average molecular weight is 343 g/mol. The lowest BCUT2D eigenvalue weighted by atomic mass is 9.96. The van der Waals surface area contributed by atoms with Gasteiger partial charge in [-0.05, 0) is 43.6 Å². The van der Waals surface area contributed by atoms with Gasteiger partial charge in [-0.3, -0.25) is 9.59 Å². The molecule has 5 heteroatoms. The van der Waals surface area contributed by atoms with E-state index in [9.17, 15) is 9.59 Å². The fraction of sp³-hybridized carbons (Fsp3) is 0.500. The van der Waals surface area contributed by atoms with Crippen molar-refractivity contribution in [3.8, 4) is 0 Å². The molecular formula is C20H29N3O2. The quantitative estimate of drug-likeness (QED) is 0.859. The second kappa shape index (κ2) is 8.30. The highest BCUT2D eigenvalue weighted by Gasteiger charge is 2.21. The Balaban J connectivity index is 2.13. The Labute approximate surface area is 150 Å². The molecule has 0 radical (unpaired) electrons. The molecule has 0 aliphatic carbocycles. The third-order valence-corrected chi connectivity index (χ3v) is 4.16. The van der Waals surface area contributed by atoms with Crippen LogP contribution in [0.15, 0.2) is 36.4 Å². The number of nitrogens with one attached hydrogen (secondary N) is 1. The molecule has 1 aliphatic rings. The molecule has 1 saturated heterocycles. The number of para-hydroxylation sites is 1. The summed E-state index contributed by atoms with van der Waals surface area (Å²) in [4.78, 5) is 29.2. The van der Waals surface area contributed by atoms with Gasteiger partial charge in [-0.15, -0.1) is 0 Å². The third-order valence-electron chi connectivity index (χ3n) is 4.16. The van der Waals surface area contributed by atoms with Crippen LogP contribution in [0, 0.1) is 5.41 Å². The lowest BCUT2D eigenvalue weighted by Gasteiger charge is -2.22. The normalized spacial score (nSPS) is 16.7. The van der Waals surface area contributed by atoms with Crippen molar-refractivity contribution in [2.24, 2.45) is 5.41 Å². The van der Waals surface area contributed by atoms with E-state index in [0.717, 1.165) is 26.1 Å². The predicted molar refractivity (Wildman–Crippen MR) is 102 cm³/mol. The topological polar surface area (TPSA) is 52.6 Å². The van der Waals surface area contributed by atoms with Crippen LogP contribution in [-0.4, -0.2) is 54.8 Å². The maximum absolute atomic E-state index is 12.9. The van der Waals surface area contributed by atoms with Crippen LogP contribution in [0.2, 0.25) is 0 Å². The van der Waals surface area contributed by atoms with Crippen LogP contribution >= 0.6 is 0 Å². The molecule has 2 rings (SSSR count). The first-order chi connectivity index (χ1) is 11.8. The Hall–Kier alpha value is -2.14. The third kappa shape index (κ3) is 6.02. The minimum absolute atomic E-state index is 0.0222. The molecule has 1 fully saturated rings. The van der Waals surface area contributed by atoms with E-state index in [2.05, 4.69) is 17.3 Å². The molecule has 0 atom stereocenters. The molecule has 1 aliphatic heterocycles. The van der Waals surface area contributed by atoms with Gasteiger partial charge in [-0.2, -0.15) is 0 Å². The molecule has 0 spiro atoms. The van der Waals surface area contributed by atoms with Crippen molar-refractivity contribution in [1.29, 1.82) is 0 Å². The molecule has 25 heavy (non-hydrogen) atoms. The molecule has 0 bridgehead atoms. The predicted octanol–water partition coefficient (Wildman–Crippen LogP) is 3.01. The van der Waals surface area contributed by atoms with Gasteiger partial charge < -0.3 is 15.1 Å². The first-order valence-electron chi connectivity index (χ1n) is 8.83. The standard InChI is InChI=1S/C20H29N3O2/c1-20(2,3)11-10-18(24)21-17-9-6-5-8-16(17)19(25)23-13-7-12-22(4)14-15-23/h5-6,8-11H,7,12-15H2,1-4H3,(H,21,24). The fourth-order valence-electron chi connectivity index (χ4n) is 2.70. The van der Waals surface area contributed by atoms with Crippen LogP contribution in [0.5, 0.6) is 0 Å². The Kier molecular flexibility index (Phi) is 6.37. The van der Waals surface area contributed by atoms with Crippen LogP contribution in [0.25, 0.3) is 0 Å². The van der Waals surface area contributed by atoms with E-state index in [1.807, 2.05) is 43.9 Å². The van der Waals surface area contributed by atoms with Crippen LogP contribution in [0.1, 0.15) is 37.6 Å². The number of rotatable bonds is 3. The van der Waals surface area contributed by atoms with Crippen molar-refractivity contribution in [2.45, 2.75) is 27.2 Å². The molecule has 1 N–H and O–H groups in total. The smallest absolute Gasteiger partial charge is 0.256 e. The summed E-state index contributed by atoms with van der Waals surface area (Å²) >= 11 is 0. The molecule has 1 aromatic rings. The number of nitrogens with zero attached hydrogens (tertiary/aromatic N) is 2. The van der Waals surface area contributed by atoms with Crippen LogP contribution in [-0.2, 0) is 4.79 Å². The van der Waals surface area contributed by atoms with Crippen LogP contribution in [0.3, 0.4) is 0 Å². The summed E-state index contributed by atoms with van der Waals surface area (Å²) in [5.41, 5.74) is 1.04. The van der Waals surface area contributed by atoms with Gasteiger partial charge in [-0.25, -0.2) is 0 Å². The van der Waals surface area contributed by atoms with Gasteiger partial charge in [0.1, 0.15) is 0 Å². The molecule has 1 heterocycles. The number of allylic oxidation sites excluding steroid dienone is 1. The van der Waals surface area contributed by atoms with E-state index in [-0.39, 0.29) is 17.2 Å². The number of likely N-dealkylation sites (N-methyl/N-ethyl adjacent to an activating group) is 1. The van der Waals surface area contributed by atoms with Crippen molar-refractivity contribution in [2.75, 3.05) is 38.5 Å². The van der Waals surface area contributed by atoms with Crippen molar-refractivity contribution in [1.82, 2.24) is 9.80 Å². The minimum Gasteiger partial charge on any atom is -0.337 e. The van der Waals surface area contributed by atoms with E-state index in [1.165, 1.54) is 6.08 Å². The van der Waals surface area contributed by atoms with Crippen molar-refractivity contribution in [3.05, 3.63) is 42.0 Å². The number of hydrogen-bond acceptors (Lipinski definition) is 3. The van der Waals surface area contributed by atoms with E-state index in [1.54, 1.807) is 12.1 Å². The molecule has 0 unspecified atom stereocenters. The first kappa shape index (κ1) is 19.2. The molecule has 0 saturated carbocycles.